The number of sulfonamides is 1. The zero-order valence-electron chi connectivity index (χ0n) is 23.0. The van der Waals surface area contributed by atoms with Gasteiger partial charge < -0.3 is 20.1 Å². The number of ether oxygens (including phenoxy) is 1. The number of hydrogen-bond donors (Lipinski definition) is 3. The van der Waals surface area contributed by atoms with Crippen LogP contribution in [0.15, 0.2) is 42.5 Å². The Hall–Kier alpha value is -3.58. The summed E-state index contributed by atoms with van der Waals surface area (Å²) in [5.74, 6) is -1.54. The SMILES string of the molecule is COc1ccc(C[C@H](SC(C)=O)C(=O)N[C@H]2Cc3ccc(NS(C)(=O)=O)cc3[C@H]3CCC[C@@H](C(=O)O)N3C2=O)cc1. The fraction of sp³-hybridized carbons (Fsp3) is 0.429. The van der Waals surface area contributed by atoms with Crippen molar-refractivity contribution in [1.82, 2.24) is 10.2 Å². The van der Waals surface area contributed by atoms with E-state index in [1.54, 1.807) is 49.6 Å². The Morgan fingerprint density at radius 1 is 1.15 bits per heavy atom. The fourth-order valence-electron chi connectivity index (χ4n) is 5.45. The first-order valence-corrected chi connectivity index (χ1v) is 15.9. The van der Waals surface area contributed by atoms with Crippen LogP contribution in [0.25, 0.3) is 0 Å². The molecule has 13 heteroatoms. The molecule has 11 nitrogen and oxygen atoms in total. The summed E-state index contributed by atoms with van der Waals surface area (Å²) in [6.45, 7) is 1.37. The van der Waals surface area contributed by atoms with Gasteiger partial charge in [0.1, 0.15) is 17.8 Å². The molecule has 2 aromatic rings. The zero-order valence-corrected chi connectivity index (χ0v) is 24.6. The molecule has 0 unspecified atom stereocenters. The Morgan fingerprint density at radius 3 is 2.46 bits per heavy atom. The molecule has 220 valence electrons. The number of carbonyl (C=O) groups is 4. The number of amides is 2. The van der Waals surface area contributed by atoms with E-state index in [1.807, 2.05) is 0 Å². The van der Waals surface area contributed by atoms with Gasteiger partial charge in [-0.25, -0.2) is 13.2 Å². The number of carbonyl (C=O) groups excluding carboxylic acids is 3. The average molecular weight is 604 g/mol. The first kappa shape index (κ1) is 30.4. The van der Waals surface area contributed by atoms with E-state index in [9.17, 15) is 32.7 Å². The number of benzene rings is 2. The van der Waals surface area contributed by atoms with Gasteiger partial charge in [0.2, 0.25) is 21.8 Å². The van der Waals surface area contributed by atoms with Crippen LogP contribution < -0.4 is 14.8 Å². The van der Waals surface area contributed by atoms with Crippen molar-refractivity contribution in [2.45, 2.75) is 62.4 Å². The Labute approximate surface area is 243 Å². The Kier molecular flexibility index (Phi) is 9.27. The maximum atomic E-state index is 13.9. The monoisotopic (exact) mass is 603 g/mol. The van der Waals surface area contributed by atoms with E-state index in [0.717, 1.165) is 23.6 Å². The van der Waals surface area contributed by atoms with Gasteiger partial charge in [0.25, 0.3) is 0 Å². The average Bonchev–Trinajstić information content (AvgIpc) is 3.02. The number of methoxy groups -OCH3 is 1. The second kappa shape index (κ2) is 12.5. The summed E-state index contributed by atoms with van der Waals surface area (Å²) < 4.78 is 31.3. The van der Waals surface area contributed by atoms with Gasteiger partial charge in [-0.15, -0.1) is 0 Å². The fourth-order valence-corrected chi connectivity index (χ4v) is 6.86. The van der Waals surface area contributed by atoms with Gasteiger partial charge in [-0.2, -0.15) is 0 Å². The number of anilines is 1. The molecule has 3 N–H and O–H groups in total. The molecule has 4 rings (SSSR count). The van der Waals surface area contributed by atoms with Gasteiger partial charge in [-0.3, -0.25) is 19.1 Å². The highest BCUT2D eigenvalue weighted by atomic mass is 32.2. The normalized spacial score (nSPS) is 21.1. The van der Waals surface area contributed by atoms with E-state index in [0.29, 0.717) is 35.4 Å². The molecule has 0 spiro atoms. The van der Waals surface area contributed by atoms with E-state index in [1.165, 1.54) is 11.8 Å². The van der Waals surface area contributed by atoms with E-state index < -0.39 is 51.2 Å². The molecule has 0 saturated carbocycles. The zero-order chi connectivity index (χ0) is 29.9. The minimum absolute atomic E-state index is 0.0817. The Morgan fingerprint density at radius 2 is 1.85 bits per heavy atom. The van der Waals surface area contributed by atoms with E-state index in [4.69, 9.17) is 4.74 Å². The lowest BCUT2D eigenvalue weighted by Crippen LogP contribution is -2.56. The van der Waals surface area contributed by atoms with Crippen molar-refractivity contribution in [3.05, 3.63) is 59.2 Å². The van der Waals surface area contributed by atoms with Crippen molar-refractivity contribution >= 4 is 50.4 Å². The summed E-state index contributed by atoms with van der Waals surface area (Å²) in [7, 11) is -2.03. The number of hydrogen-bond acceptors (Lipinski definition) is 8. The molecule has 1 fully saturated rings. The highest BCUT2D eigenvalue weighted by Gasteiger charge is 2.45. The Bertz CT molecular complexity index is 1440. The number of fused-ring (bicyclic) bond motifs is 3. The predicted molar refractivity (Wildman–Crippen MR) is 154 cm³/mol. The first-order chi connectivity index (χ1) is 19.4. The van der Waals surface area contributed by atoms with Crippen molar-refractivity contribution in [3.8, 4) is 5.75 Å². The van der Waals surface area contributed by atoms with Crippen LogP contribution >= 0.6 is 11.8 Å². The number of nitrogens with one attached hydrogen (secondary N) is 2. The summed E-state index contributed by atoms with van der Waals surface area (Å²) in [4.78, 5) is 53.1. The lowest BCUT2D eigenvalue weighted by atomic mass is 9.89. The van der Waals surface area contributed by atoms with Gasteiger partial charge in [0.05, 0.1) is 24.7 Å². The van der Waals surface area contributed by atoms with Crippen LogP contribution in [0.2, 0.25) is 0 Å². The van der Waals surface area contributed by atoms with Gasteiger partial charge in [0, 0.05) is 19.0 Å². The highest BCUT2D eigenvalue weighted by molar-refractivity contribution is 8.14. The molecular weight excluding hydrogens is 570 g/mol. The topological polar surface area (TPSA) is 159 Å². The molecule has 2 amide bonds. The predicted octanol–water partition coefficient (Wildman–Crippen LogP) is 2.51. The second-order valence-electron chi connectivity index (χ2n) is 10.2. The highest BCUT2D eigenvalue weighted by Crippen LogP contribution is 2.40. The van der Waals surface area contributed by atoms with Gasteiger partial charge in [-0.1, -0.05) is 30.0 Å². The molecule has 0 bridgehead atoms. The van der Waals surface area contributed by atoms with E-state index >= 15 is 0 Å². The number of thioether (sulfide) groups is 1. The van der Waals surface area contributed by atoms with Crippen LogP contribution in [0.5, 0.6) is 5.75 Å². The smallest absolute Gasteiger partial charge is 0.326 e. The lowest BCUT2D eigenvalue weighted by molar-refractivity contribution is -0.156. The standard InChI is InChI=1S/C28H33N3O8S2/c1-16(32)40-25(13-17-7-11-20(39-2)12-8-17)26(33)29-22-14-18-9-10-19(30-41(3,37)38)15-21(18)23-5-4-6-24(28(35)36)31(23)27(22)34/h7-12,15,22-25,30H,4-6,13-14H2,1-3H3,(H,29,33)(H,35,36)/t22-,23+,24-,25-/m0/s1. The minimum atomic E-state index is -3.57. The molecular formula is C28H33N3O8S2. The molecule has 2 aliphatic heterocycles. The van der Waals surface area contributed by atoms with Crippen LogP contribution in [-0.4, -0.2) is 72.0 Å². The Balaban J connectivity index is 1.67. The van der Waals surface area contributed by atoms with Gasteiger partial charge in [-0.05, 0) is 66.6 Å². The molecule has 2 heterocycles. The first-order valence-electron chi connectivity index (χ1n) is 13.1. The van der Waals surface area contributed by atoms with E-state index in [-0.39, 0.29) is 24.4 Å². The maximum Gasteiger partial charge on any atom is 0.326 e. The van der Waals surface area contributed by atoms with Crippen LogP contribution in [0.4, 0.5) is 5.69 Å². The largest absolute Gasteiger partial charge is 0.497 e. The molecule has 0 aromatic heterocycles. The number of nitrogens with zero attached hydrogens (tertiary/aromatic N) is 1. The van der Waals surface area contributed by atoms with Crippen LogP contribution in [0, 0.1) is 0 Å². The number of carboxylic acid groups (broad SMARTS) is 1. The third-order valence-electron chi connectivity index (χ3n) is 7.19. The number of aliphatic carboxylic acids is 1. The number of rotatable bonds is 9. The summed E-state index contributed by atoms with van der Waals surface area (Å²) in [6.07, 6.45) is 2.65. The van der Waals surface area contributed by atoms with Crippen molar-refractivity contribution in [2.75, 3.05) is 18.1 Å². The second-order valence-corrected chi connectivity index (χ2v) is 13.4. The van der Waals surface area contributed by atoms with Crippen molar-refractivity contribution in [2.24, 2.45) is 0 Å². The summed E-state index contributed by atoms with van der Waals surface area (Å²) >= 11 is 0.862. The van der Waals surface area contributed by atoms with Gasteiger partial charge in [0.15, 0.2) is 5.12 Å². The summed E-state index contributed by atoms with van der Waals surface area (Å²) in [5, 5.41) is 11.7. The molecule has 2 aromatic carbocycles. The molecule has 0 radical (unpaired) electrons. The van der Waals surface area contributed by atoms with Crippen molar-refractivity contribution < 1.29 is 37.4 Å². The summed E-state index contributed by atoms with van der Waals surface area (Å²) in [5.41, 5.74) is 2.44. The van der Waals surface area contributed by atoms with Gasteiger partial charge >= 0.3 is 5.97 Å². The van der Waals surface area contributed by atoms with Crippen molar-refractivity contribution in [3.63, 3.8) is 0 Å². The minimum Gasteiger partial charge on any atom is -0.497 e. The molecule has 1 saturated heterocycles. The molecule has 2 aliphatic rings. The maximum absolute atomic E-state index is 13.9. The van der Waals surface area contributed by atoms with Crippen LogP contribution in [0.1, 0.15) is 48.9 Å². The lowest BCUT2D eigenvalue weighted by Gasteiger charge is -2.40. The summed E-state index contributed by atoms with van der Waals surface area (Å²) in [6, 6.07) is 9.23. The van der Waals surface area contributed by atoms with Crippen LogP contribution in [-0.2, 0) is 42.0 Å². The van der Waals surface area contributed by atoms with Crippen LogP contribution in [0.3, 0.4) is 0 Å². The molecule has 0 aliphatic carbocycles. The number of carboxylic acids is 1. The van der Waals surface area contributed by atoms with E-state index in [2.05, 4.69) is 10.0 Å². The number of piperidine rings is 1. The molecule has 41 heavy (non-hydrogen) atoms. The van der Waals surface area contributed by atoms with Crippen molar-refractivity contribution in [1.29, 1.82) is 0 Å². The quantitative estimate of drug-likeness (QED) is 0.391. The molecule has 4 atom stereocenters. The third-order valence-corrected chi connectivity index (χ3v) is 8.80. The third kappa shape index (κ3) is 7.39.